The van der Waals surface area contributed by atoms with Gasteiger partial charge >= 0.3 is 12.1 Å². The SMILES string of the molecule is NC(=O)C1CN(c2cc(F)c(N3CC4C(C3)C4C(=O)O)c(F)c2)C(=O)O1. The first-order chi connectivity index (χ1) is 12.3. The van der Waals surface area contributed by atoms with Crippen molar-refractivity contribution in [2.45, 2.75) is 6.10 Å². The molecule has 1 saturated carbocycles. The second-order valence-electron chi connectivity index (χ2n) is 6.74. The molecule has 3 atom stereocenters. The summed E-state index contributed by atoms with van der Waals surface area (Å²) in [5, 5.41) is 9.02. The van der Waals surface area contributed by atoms with Gasteiger partial charge in [0, 0.05) is 25.2 Å². The summed E-state index contributed by atoms with van der Waals surface area (Å²) >= 11 is 0. The number of benzene rings is 1. The second kappa shape index (κ2) is 5.55. The van der Waals surface area contributed by atoms with Gasteiger partial charge in [-0.1, -0.05) is 0 Å². The van der Waals surface area contributed by atoms with Crippen molar-refractivity contribution in [2.24, 2.45) is 23.5 Å². The van der Waals surface area contributed by atoms with Crippen LogP contribution < -0.4 is 15.5 Å². The van der Waals surface area contributed by atoms with Gasteiger partial charge in [-0.15, -0.1) is 0 Å². The standard InChI is InChI=1S/C16H15F2N3O5/c17-9-1-6(21-5-11(14(19)22)26-16(21)25)2-10(18)13(9)20-3-7-8(4-20)12(7)15(23)24/h1-2,7-8,11-12H,3-5H2,(H2,19,22)(H,23,24). The zero-order valence-corrected chi connectivity index (χ0v) is 13.4. The van der Waals surface area contributed by atoms with Crippen LogP contribution in [-0.4, -0.2) is 48.8 Å². The number of halogens is 2. The van der Waals surface area contributed by atoms with Gasteiger partial charge < -0.3 is 20.5 Å². The summed E-state index contributed by atoms with van der Waals surface area (Å²) < 4.78 is 33.8. The highest BCUT2D eigenvalue weighted by molar-refractivity contribution is 5.95. The number of piperidine rings is 1. The number of nitrogens with zero attached hydrogens (tertiary/aromatic N) is 2. The molecule has 1 aromatic carbocycles. The third kappa shape index (κ3) is 2.44. The van der Waals surface area contributed by atoms with Crippen LogP contribution in [0, 0.1) is 29.4 Å². The molecule has 2 aliphatic heterocycles. The minimum absolute atomic E-state index is 0.0785. The van der Waals surface area contributed by atoms with Crippen LogP contribution in [0.15, 0.2) is 12.1 Å². The molecule has 3 aliphatic rings. The van der Waals surface area contributed by atoms with Crippen molar-refractivity contribution in [3.63, 3.8) is 0 Å². The van der Waals surface area contributed by atoms with Gasteiger partial charge in [0.2, 0.25) is 0 Å². The van der Waals surface area contributed by atoms with Crippen molar-refractivity contribution >= 4 is 29.3 Å². The number of hydrogen-bond acceptors (Lipinski definition) is 5. The topological polar surface area (TPSA) is 113 Å². The van der Waals surface area contributed by atoms with Gasteiger partial charge in [-0.3, -0.25) is 14.5 Å². The first-order valence-corrected chi connectivity index (χ1v) is 8.02. The fourth-order valence-corrected chi connectivity index (χ4v) is 3.91. The molecule has 2 heterocycles. The van der Waals surface area contributed by atoms with E-state index in [1.165, 1.54) is 4.90 Å². The van der Waals surface area contributed by atoms with Gasteiger partial charge in [-0.05, 0) is 11.8 Å². The predicted octanol–water partition coefficient (Wildman–Crippen LogP) is 0.542. The van der Waals surface area contributed by atoms with E-state index in [-0.39, 0.29) is 42.8 Å². The zero-order valence-electron chi connectivity index (χ0n) is 13.4. The maximum atomic E-state index is 14.5. The summed E-state index contributed by atoms with van der Waals surface area (Å²) in [4.78, 5) is 36.3. The molecule has 0 aromatic heterocycles. The number of carbonyl (C=O) groups is 3. The average Bonchev–Trinajstić information content (AvgIpc) is 2.89. The fraction of sp³-hybridized carbons (Fsp3) is 0.438. The summed E-state index contributed by atoms with van der Waals surface area (Å²) in [6.45, 7) is 0.315. The van der Waals surface area contributed by atoms with Crippen LogP contribution in [0.1, 0.15) is 0 Å². The number of carboxylic acids is 1. The smallest absolute Gasteiger partial charge is 0.415 e. The summed E-state index contributed by atoms with van der Waals surface area (Å²) in [5.74, 6) is -4.12. The average molecular weight is 367 g/mol. The molecular weight excluding hydrogens is 352 g/mol. The van der Waals surface area contributed by atoms with E-state index in [1.807, 2.05) is 0 Å². The van der Waals surface area contributed by atoms with Crippen LogP contribution in [0.25, 0.3) is 0 Å². The van der Waals surface area contributed by atoms with Gasteiger partial charge in [0.15, 0.2) is 17.7 Å². The molecule has 3 N–H and O–H groups in total. The maximum Gasteiger partial charge on any atom is 0.415 e. The Morgan fingerprint density at radius 2 is 1.73 bits per heavy atom. The summed E-state index contributed by atoms with van der Waals surface area (Å²) in [7, 11) is 0. The number of nitrogens with two attached hydrogens (primary N) is 1. The minimum Gasteiger partial charge on any atom is -0.481 e. The molecule has 2 amide bonds. The number of hydrogen-bond donors (Lipinski definition) is 2. The monoisotopic (exact) mass is 367 g/mol. The van der Waals surface area contributed by atoms with E-state index in [4.69, 9.17) is 15.6 Å². The number of primary amides is 1. The quantitative estimate of drug-likeness (QED) is 0.803. The van der Waals surface area contributed by atoms with Gasteiger partial charge in [-0.2, -0.15) is 0 Å². The number of anilines is 2. The van der Waals surface area contributed by atoms with E-state index in [0.29, 0.717) is 0 Å². The van der Waals surface area contributed by atoms with Crippen molar-refractivity contribution in [1.29, 1.82) is 0 Å². The molecule has 10 heteroatoms. The van der Waals surface area contributed by atoms with Gasteiger partial charge in [-0.25, -0.2) is 13.6 Å². The normalized spacial score (nSPS) is 29.5. The number of cyclic esters (lactones) is 1. The lowest BCUT2D eigenvalue weighted by Crippen LogP contribution is -2.33. The summed E-state index contributed by atoms with van der Waals surface area (Å²) in [5.41, 5.74) is 4.75. The van der Waals surface area contributed by atoms with Crippen molar-refractivity contribution in [3.8, 4) is 0 Å². The van der Waals surface area contributed by atoms with Crippen LogP contribution in [0.5, 0.6) is 0 Å². The van der Waals surface area contributed by atoms with Crippen molar-refractivity contribution < 1.29 is 33.0 Å². The molecule has 0 spiro atoms. The Bertz CT molecular complexity index is 797. The molecule has 3 unspecified atom stereocenters. The highest BCUT2D eigenvalue weighted by Gasteiger charge is 2.60. The van der Waals surface area contributed by atoms with Crippen LogP contribution in [0.2, 0.25) is 0 Å². The van der Waals surface area contributed by atoms with E-state index in [9.17, 15) is 23.2 Å². The van der Waals surface area contributed by atoms with Crippen LogP contribution in [0.4, 0.5) is 25.0 Å². The van der Waals surface area contributed by atoms with Crippen molar-refractivity contribution in [2.75, 3.05) is 29.4 Å². The predicted molar refractivity (Wildman–Crippen MR) is 83.5 cm³/mol. The Kier molecular flexibility index (Phi) is 3.53. The maximum absolute atomic E-state index is 14.5. The number of ether oxygens (including phenoxy) is 1. The Morgan fingerprint density at radius 1 is 1.15 bits per heavy atom. The first kappa shape index (κ1) is 16.6. The molecular formula is C16H15F2N3O5. The number of carbonyl (C=O) groups excluding carboxylic acids is 2. The molecule has 0 radical (unpaired) electrons. The van der Waals surface area contributed by atoms with E-state index in [1.54, 1.807) is 0 Å². The molecule has 0 bridgehead atoms. The van der Waals surface area contributed by atoms with Crippen LogP contribution in [0.3, 0.4) is 0 Å². The Morgan fingerprint density at radius 3 is 2.19 bits per heavy atom. The molecule has 3 fully saturated rings. The van der Waals surface area contributed by atoms with Gasteiger partial charge in [0.25, 0.3) is 5.91 Å². The lowest BCUT2D eigenvalue weighted by Gasteiger charge is -2.24. The van der Waals surface area contributed by atoms with Crippen molar-refractivity contribution in [1.82, 2.24) is 0 Å². The fourth-order valence-electron chi connectivity index (χ4n) is 3.91. The van der Waals surface area contributed by atoms with E-state index < -0.39 is 41.6 Å². The molecule has 4 rings (SSSR count). The van der Waals surface area contributed by atoms with Crippen molar-refractivity contribution in [3.05, 3.63) is 23.8 Å². The lowest BCUT2D eigenvalue weighted by atomic mass is 10.2. The van der Waals surface area contributed by atoms with Crippen LogP contribution in [-0.2, 0) is 14.3 Å². The van der Waals surface area contributed by atoms with Gasteiger partial charge in [0.1, 0.15) is 5.69 Å². The second-order valence-corrected chi connectivity index (χ2v) is 6.74. The number of aliphatic carboxylic acids is 1. The molecule has 1 aromatic rings. The van der Waals surface area contributed by atoms with Gasteiger partial charge in [0.05, 0.1) is 18.2 Å². The van der Waals surface area contributed by atoms with E-state index in [0.717, 1.165) is 17.0 Å². The molecule has 138 valence electrons. The molecule has 1 aliphatic carbocycles. The molecule has 8 nitrogen and oxygen atoms in total. The van der Waals surface area contributed by atoms with E-state index in [2.05, 4.69) is 0 Å². The lowest BCUT2D eigenvalue weighted by molar-refractivity contribution is -0.139. The zero-order chi connectivity index (χ0) is 18.7. The third-order valence-electron chi connectivity index (χ3n) is 5.24. The highest BCUT2D eigenvalue weighted by atomic mass is 19.1. The molecule has 2 saturated heterocycles. The number of amides is 2. The minimum atomic E-state index is -1.17. The summed E-state index contributed by atoms with van der Waals surface area (Å²) in [6.07, 6.45) is -2.08. The molecule has 26 heavy (non-hydrogen) atoms. The Balaban J connectivity index is 1.54. The Labute approximate surface area is 146 Å². The largest absolute Gasteiger partial charge is 0.481 e. The number of fused-ring (bicyclic) bond motifs is 1. The van der Waals surface area contributed by atoms with E-state index >= 15 is 0 Å². The number of rotatable bonds is 4. The third-order valence-corrected chi connectivity index (χ3v) is 5.24. The number of carboxylic acid groups (broad SMARTS) is 1. The Hall–Kier alpha value is -2.91. The highest BCUT2D eigenvalue weighted by Crippen LogP contribution is 2.53. The summed E-state index contributed by atoms with van der Waals surface area (Å²) in [6, 6.07) is 1.98. The van der Waals surface area contributed by atoms with Crippen LogP contribution >= 0.6 is 0 Å². The first-order valence-electron chi connectivity index (χ1n) is 8.02.